The SMILES string of the molecule is CCc1cc(CC)c(C=NNc2ccccc2)c(CC)c1. The predicted octanol–water partition coefficient (Wildman–Crippen LogP) is 4.82. The van der Waals surface area contributed by atoms with E-state index in [1.807, 2.05) is 36.5 Å². The number of nitrogens with zero attached hydrogens (tertiary/aromatic N) is 1. The Morgan fingerprint density at radius 1 is 0.905 bits per heavy atom. The third-order valence-electron chi connectivity index (χ3n) is 3.74. The molecule has 2 heteroatoms. The topological polar surface area (TPSA) is 24.4 Å². The zero-order chi connectivity index (χ0) is 15.1. The van der Waals surface area contributed by atoms with Gasteiger partial charge >= 0.3 is 0 Å². The number of hydrogen-bond donors (Lipinski definition) is 1. The summed E-state index contributed by atoms with van der Waals surface area (Å²) in [5, 5.41) is 4.41. The van der Waals surface area contributed by atoms with Gasteiger partial charge in [0.2, 0.25) is 0 Å². The van der Waals surface area contributed by atoms with Gasteiger partial charge in [0.1, 0.15) is 0 Å². The fourth-order valence-corrected chi connectivity index (χ4v) is 2.49. The summed E-state index contributed by atoms with van der Waals surface area (Å²) in [5.74, 6) is 0. The Balaban J connectivity index is 2.25. The van der Waals surface area contributed by atoms with Crippen LogP contribution in [0.5, 0.6) is 0 Å². The lowest BCUT2D eigenvalue weighted by atomic mass is 9.94. The molecule has 2 aromatic rings. The van der Waals surface area contributed by atoms with Gasteiger partial charge in [-0.2, -0.15) is 5.10 Å². The van der Waals surface area contributed by atoms with Crippen molar-refractivity contribution in [3.8, 4) is 0 Å². The summed E-state index contributed by atoms with van der Waals surface area (Å²) in [6.45, 7) is 6.62. The van der Waals surface area contributed by atoms with Crippen LogP contribution in [-0.4, -0.2) is 6.21 Å². The first-order valence-electron chi connectivity index (χ1n) is 7.77. The smallest absolute Gasteiger partial charge is 0.0561 e. The van der Waals surface area contributed by atoms with Crippen LogP contribution in [0.1, 0.15) is 43.0 Å². The van der Waals surface area contributed by atoms with Crippen LogP contribution in [0, 0.1) is 0 Å². The second-order valence-corrected chi connectivity index (χ2v) is 5.12. The van der Waals surface area contributed by atoms with Crippen LogP contribution < -0.4 is 5.43 Å². The van der Waals surface area contributed by atoms with Crippen LogP contribution in [0.25, 0.3) is 0 Å². The number of hydrazone groups is 1. The molecular weight excluding hydrogens is 256 g/mol. The number of rotatable bonds is 6. The van der Waals surface area contributed by atoms with Crippen molar-refractivity contribution in [2.45, 2.75) is 40.0 Å². The molecule has 0 saturated carbocycles. The Labute approximate surface area is 127 Å². The maximum absolute atomic E-state index is 4.41. The molecule has 0 atom stereocenters. The molecule has 0 heterocycles. The summed E-state index contributed by atoms with van der Waals surface area (Å²) < 4.78 is 0. The van der Waals surface area contributed by atoms with Crippen molar-refractivity contribution in [1.82, 2.24) is 0 Å². The van der Waals surface area contributed by atoms with E-state index in [1.165, 1.54) is 22.3 Å². The van der Waals surface area contributed by atoms with Crippen molar-refractivity contribution in [3.63, 3.8) is 0 Å². The van der Waals surface area contributed by atoms with Gasteiger partial charge in [-0.1, -0.05) is 51.1 Å². The van der Waals surface area contributed by atoms with Crippen LogP contribution in [-0.2, 0) is 19.3 Å². The number of anilines is 1. The minimum Gasteiger partial charge on any atom is -0.279 e. The molecule has 1 N–H and O–H groups in total. The lowest BCUT2D eigenvalue weighted by Gasteiger charge is -2.12. The van der Waals surface area contributed by atoms with Gasteiger partial charge in [-0.3, -0.25) is 5.43 Å². The summed E-state index contributed by atoms with van der Waals surface area (Å²) in [5.41, 5.74) is 9.54. The summed E-state index contributed by atoms with van der Waals surface area (Å²) in [7, 11) is 0. The maximum atomic E-state index is 4.41. The average molecular weight is 280 g/mol. The first-order valence-corrected chi connectivity index (χ1v) is 7.77. The molecule has 0 unspecified atom stereocenters. The molecule has 0 aliphatic rings. The molecule has 2 nitrogen and oxygen atoms in total. The van der Waals surface area contributed by atoms with Crippen LogP contribution in [0.15, 0.2) is 47.6 Å². The molecule has 21 heavy (non-hydrogen) atoms. The number of nitrogens with one attached hydrogen (secondary N) is 1. The predicted molar refractivity (Wildman–Crippen MR) is 92.2 cm³/mol. The Hall–Kier alpha value is -2.09. The van der Waals surface area contributed by atoms with Crippen LogP contribution in [0.4, 0.5) is 5.69 Å². The van der Waals surface area contributed by atoms with Crippen LogP contribution in [0.2, 0.25) is 0 Å². The zero-order valence-electron chi connectivity index (χ0n) is 13.2. The van der Waals surface area contributed by atoms with E-state index in [-0.39, 0.29) is 0 Å². The van der Waals surface area contributed by atoms with Gasteiger partial charge in [-0.25, -0.2) is 0 Å². The van der Waals surface area contributed by atoms with Gasteiger partial charge in [0.25, 0.3) is 0 Å². The maximum Gasteiger partial charge on any atom is 0.0561 e. The zero-order valence-corrected chi connectivity index (χ0v) is 13.2. The van der Waals surface area contributed by atoms with E-state index in [4.69, 9.17) is 0 Å². The Bertz CT molecular complexity index is 575. The first kappa shape index (κ1) is 15.3. The highest BCUT2D eigenvalue weighted by Crippen LogP contribution is 2.18. The van der Waals surface area contributed by atoms with Gasteiger partial charge in [0, 0.05) is 5.56 Å². The highest BCUT2D eigenvalue weighted by molar-refractivity contribution is 5.84. The lowest BCUT2D eigenvalue weighted by molar-refractivity contribution is 1.04. The van der Waals surface area contributed by atoms with Crippen molar-refractivity contribution in [1.29, 1.82) is 0 Å². The van der Waals surface area contributed by atoms with Crippen LogP contribution in [0.3, 0.4) is 0 Å². The normalized spacial score (nSPS) is 11.0. The van der Waals surface area contributed by atoms with Gasteiger partial charge in [-0.15, -0.1) is 0 Å². The van der Waals surface area contributed by atoms with Crippen molar-refractivity contribution >= 4 is 11.9 Å². The molecule has 0 saturated heterocycles. The fraction of sp³-hybridized carbons (Fsp3) is 0.316. The van der Waals surface area contributed by atoms with E-state index in [0.29, 0.717) is 0 Å². The second kappa shape index (κ2) is 7.63. The molecule has 0 fully saturated rings. The molecule has 0 aliphatic carbocycles. The van der Waals surface area contributed by atoms with Crippen molar-refractivity contribution in [2.24, 2.45) is 5.10 Å². The van der Waals surface area contributed by atoms with Crippen molar-refractivity contribution in [3.05, 3.63) is 64.7 Å². The molecule has 0 aromatic heterocycles. The van der Waals surface area contributed by atoms with E-state index in [0.717, 1.165) is 24.9 Å². The summed E-state index contributed by atoms with van der Waals surface area (Å²) >= 11 is 0. The van der Waals surface area contributed by atoms with Gasteiger partial charge in [0.05, 0.1) is 11.9 Å². The number of para-hydroxylation sites is 1. The van der Waals surface area contributed by atoms with E-state index in [2.05, 4.69) is 43.4 Å². The Morgan fingerprint density at radius 2 is 1.52 bits per heavy atom. The summed E-state index contributed by atoms with van der Waals surface area (Å²) in [4.78, 5) is 0. The minimum absolute atomic E-state index is 1.01. The van der Waals surface area contributed by atoms with Gasteiger partial charge < -0.3 is 0 Å². The highest BCUT2D eigenvalue weighted by Gasteiger charge is 2.06. The van der Waals surface area contributed by atoms with Crippen LogP contribution >= 0.6 is 0 Å². The van der Waals surface area contributed by atoms with Gasteiger partial charge in [-0.05, 0) is 48.1 Å². The second-order valence-electron chi connectivity index (χ2n) is 5.12. The van der Waals surface area contributed by atoms with E-state index < -0.39 is 0 Å². The third-order valence-corrected chi connectivity index (χ3v) is 3.74. The largest absolute Gasteiger partial charge is 0.279 e. The summed E-state index contributed by atoms with van der Waals surface area (Å²) in [6, 6.07) is 14.7. The number of aryl methyl sites for hydroxylation is 3. The average Bonchev–Trinajstić information content (AvgIpc) is 2.55. The van der Waals surface area contributed by atoms with E-state index in [9.17, 15) is 0 Å². The quantitative estimate of drug-likeness (QED) is 0.595. The molecular formula is C19H24N2. The molecule has 0 aliphatic heterocycles. The Morgan fingerprint density at radius 3 is 2.05 bits per heavy atom. The third kappa shape index (κ3) is 3.94. The molecule has 0 amide bonds. The van der Waals surface area contributed by atoms with Gasteiger partial charge in [0.15, 0.2) is 0 Å². The molecule has 0 bridgehead atoms. The van der Waals surface area contributed by atoms with Crippen molar-refractivity contribution < 1.29 is 0 Å². The molecule has 2 rings (SSSR count). The van der Waals surface area contributed by atoms with E-state index in [1.54, 1.807) is 0 Å². The minimum atomic E-state index is 1.01. The molecule has 2 aromatic carbocycles. The first-order chi connectivity index (χ1) is 10.3. The molecule has 0 radical (unpaired) electrons. The van der Waals surface area contributed by atoms with E-state index >= 15 is 0 Å². The fourth-order valence-electron chi connectivity index (χ4n) is 2.49. The molecule has 0 spiro atoms. The monoisotopic (exact) mass is 280 g/mol. The van der Waals surface area contributed by atoms with Crippen molar-refractivity contribution in [2.75, 3.05) is 5.43 Å². The molecule has 110 valence electrons. The standard InChI is InChI=1S/C19H24N2/c1-4-15-12-16(5-2)19(17(6-3)13-15)14-20-21-18-10-8-7-9-11-18/h7-14,21H,4-6H2,1-3H3. The summed E-state index contributed by atoms with van der Waals surface area (Å²) in [6.07, 6.45) is 5.12. The lowest BCUT2D eigenvalue weighted by Crippen LogP contribution is -2.02. The Kier molecular flexibility index (Phi) is 5.56. The highest BCUT2D eigenvalue weighted by atomic mass is 15.3. The number of benzene rings is 2. The number of hydrogen-bond acceptors (Lipinski definition) is 2.